The van der Waals surface area contributed by atoms with Gasteiger partial charge in [-0.1, -0.05) is 0 Å². The highest BCUT2D eigenvalue weighted by Gasteiger charge is 2.27. The number of nitrogens with one attached hydrogen (secondary N) is 1. The molecular weight excluding hydrogens is 224 g/mol. The largest absolute Gasteiger partial charge is 0.384 e. The molecular formula is C14H20N4. The third kappa shape index (κ3) is 1.76. The van der Waals surface area contributed by atoms with Crippen molar-refractivity contribution in [3.05, 3.63) is 22.9 Å². The molecule has 0 saturated carbocycles. The molecule has 1 aromatic heterocycles. The first kappa shape index (κ1) is 11.5. The van der Waals surface area contributed by atoms with Gasteiger partial charge in [-0.2, -0.15) is 0 Å². The number of amidine groups is 1. The third-order valence-corrected chi connectivity index (χ3v) is 4.15. The second-order valence-corrected chi connectivity index (χ2v) is 5.42. The summed E-state index contributed by atoms with van der Waals surface area (Å²) in [6.45, 7) is 3.26. The predicted molar refractivity (Wildman–Crippen MR) is 73.3 cm³/mol. The van der Waals surface area contributed by atoms with Gasteiger partial charge in [0.25, 0.3) is 0 Å². The minimum atomic E-state index is 0.145. The molecule has 2 heterocycles. The van der Waals surface area contributed by atoms with Crippen LogP contribution in [-0.2, 0) is 12.8 Å². The first-order valence-corrected chi connectivity index (χ1v) is 6.80. The van der Waals surface area contributed by atoms with E-state index in [0.29, 0.717) is 6.04 Å². The summed E-state index contributed by atoms with van der Waals surface area (Å²) in [7, 11) is 0. The van der Waals surface area contributed by atoms with Crippen LogP contribution in [0.3, 0.4) is 0 Å². The van der Waals surface area contributed by atoms with E-state index in [9.17, 15) is 0 Å². The molecule has 0 bridgehead atoms. The fourth-order valence-corrected chi connectivity index (χ4v) is 3.13. The van der Waals surface area contributed by atoms with Crippen LogP contribution in [0.25, 0.3) is 0 Å². The number of nitrogen functional groups attached to an aromatic ring is 1. The van der Waals surface area contributed by atoms with Gasteiger partial charge < -0.3 is 10.6 Å². The van der Waals surface area contributed by atoms with Crippen LogP contribution < -0.4 is 10.6 Å². The first-order chi connectivity index (χ1) is 8.66. The molecule has 4 heteroatoms. The Morgan fingerprint density at radius 2 is 2.28 bits per heavy atom. The molecule has 1 aliphatic carbocycles. The van der Waals surface area contributed by atoms with Gasteiger partial charge in [-0.05, 0) is 50.7 Å². The lowest BCUT2D eigenvalue weighted by Gasteiger charge is -2.25. The lowest BCUT2D eigenvalue weighted by Crippen LogP contribution is -2.30. The van der Waals surface area contributed by atoms with E-state index in [1.54, 1.807) is 0 Å². The number of fused-ring (bicyclic) bond motifs is 1. The van der Waals surface area contributed by atoms with Crippen LogP contribution in [0.2, 0.25) is 0 Å². The van der Waals surface area contributed by atoms with Crippen molar-refractivity contribution in [2.75, 3.05) is 11.4 Å². The van der Waals surface area contributed by atoms with Gasteiger partial charge in [-0.15, -0.1) is 0 Å². The second-order valence-electron chi connectivity index (χ2n) is 5.42. The number of aromatic nitrogens is 1. The van der Waals surface area contributed by atoms with Crippen LogP contribution in [-0.4, -0.2) is 23.4 Å². The number of anilines is 1. The molecule has 18 heavy (non-hydrogen) atoms. The fourth-order valence-electron chi connectivity index (χ4n) is 3.13. The summed E-state index contributed by atoms with van der Waals surface area (Å²) in [5.74, 6) is 1.08. The van der Waals surface area contributed by atoms with Crippen LogP contribution in [0, 0.1) is 5.41 Å². The second kappa shape index (κ2) is 4.26. The predicted octanol–water partition coefficient (Wildman–Crippen LogP) is 1.84. The minimum Gasteiger partial charge on any atom is -0.384 e. The molecule has 1 unspecified atom stereocenters. The first-order valence-electron chi connectivity index (χ1n) is 6.80. The summed E-state index contributed by atoms with van der Waals surface area (Å²) in [6.07, 6.45) is 5.74. The molecule has 1 aliphatic heterocycles. The zero-order valence-corrected chi connectivity index (χ0v) is 10.9. The number of aryl methyl sites for hydroxylation is 2. The number of hydrogen-bond acceptors (Lipinski definition) is 3. The van der Waals surface area contributed by atoms with Crippen molar-refractivity contribution < 1.29 is 0 Å². The summed E-state index contributed by atoms with van der Waals surface area (Å²) < 4.78 is 0. The van der Waals surface area contributed by atoms with E-state index < -0.39 is 0 Å². The van der Waals surface area contributed by atoms with Crippen LogP contribution in [0.1, 0.15) is 43.0 Å². The summed E-state index contributed by atoms with van der Waals surface area (Å²) >= 11 is 0. The summed E-state index contributed by atoms with van der Waals surface area (Å²) in [5, 5.41) is 7.78. The molecule has 4 nitrogen and oxygen atoms in total. The highest BCUT2D eigenvalue weighted by molar-refractivity contribution is 6.00. The van der Waals surface area contributed by atoms with Gasteiger partial charge in [0.1, 0.15) is 11.7 Å². The van der Waals surface area contributed by atoms with Gasteiger partial charge in [0, 0.05) is 18.3 Å². The molecule has 1 fully saturated rings. The van der Waals surface area contributed by atoms with E-state index in [1.165, 1.54) is 30.5 Å². The summed E-state index contributed by atoms with van der Waals surface area (Å²) in [6, 6.07) is 2.60. The fraction of sp³-hybridized carbons (Fsp3) is 0.571. The Morgan fingerprint density at radius 3 is 2.94 bits per heavy atom. The summed E-state index contributed by atoms with van der Waals surface area (Å²) in [5.41, 5.74) is 9.07. The highest BCUT2D eigenvalue weighted by atomic mass is 15.2. The zero-order chi connectivity index (χ0) is 12.7. The van der Waals surface area contributed by atoms with E-state index >= 15 is 0 Å². The van der Waals surface area contributed by atoms with Gasteiger partial charge in [-0.3, -0.25) is 5.41 Å². The molecule has 1 aromatic rings. The van der Waals surface area contributed by atoms with Crippen LogP contribution in [0.4, 0.5) is 5.82 Å². The molecule has 96 valence electrons. The Morgan fingerprint density at radius 1 is 1.44 bits per heavy atom. The Kier molecular flexibility index (Phi) is 2.73. The van der Waals surface area contributed by atoms with Crippen molar-refractivity contribution in [1.29, 1.82) is 5.41 Å². The van der Waals surface area contributed by atoms with Crippen molar-refractivity contribution >= 4 is 11.7 Å². The van der Waals surface area contributed by atoms with Crippen LogP contribution >= 0.6 is 0 Å². The Bertz CT molecular complexity index is 495. The topological polar surface area (TPSA) is 66.0 Å². The lowest BCUT2D eigenvalue weighted by molar-refractivity contribution is 0.724. The van der Waals surface area contributed by atoms with Crippen LogP contribution in [0.5, 0.6) is 0 Å². The molecule has 2 aliphatic rings. The molecule has 0 aromatic carbocycles. The molecule has 0 amide bonds. The molecule has 1 atom stereocenters. The average Bonchev–Trinajstić information content (AvgIpc) is 2.94. The number of nitrogens with zero attached hydrogens (tertiary/aromatic N) is 2. The quantitative estimate of drug-likeness (QED) is 0.616. The number of rotatable bonds is 2. The summed E-state index contributed by atoms with van der Waals surface area (Å²) in [4.78, 5) is 7.13. The van der Waals surface area contributed by atoms with Crippen molar-refractivity contribution in [3.8, 4) is 0 Å². The van der Waals surface area contributed by atoms with E-state index in [-0.39, 0.29) is 5.84 Å². The Hall–Kier alpha value is -1.58. The van der Waals surface area contributed by atoms with Crippen molar-refractivity contribution in [2.24, 2.45) is 5.73 Å². The SMILES string of the molecule is CC1CCCN1c1nc2c(cc1C(=N)N)CCC2. The van der Waals surface area contributed by atoms with Gasteiger partial charge in [0.2, 0.25) is 0 Å². The Balaban J connectivity index is 2.09. The monoisotopic (exact) mass is 244 g/mol. The third-order valence-electron chi connectivity index (χ3n) is 4.15. The van der Waals surface area contributed by atoms with Crippen molar-refractivity contribution in [2.45, 2.75) is 45.1 Å². The maximum absolute atomic E-state index is 7.78. The standard InChI is InChI=1S/C14H20N4/c1-9-4-3-7-18(9)14-11(13(15)16)8-10-5-2-6-12(10)17-14/h8-9H,2-7H2,1H3,(H3,15,16). The molecule has 0 spiro atoms. The molecule has 1 saturated heterocycles. The van der Waals surface area contributed by atoms with E-state index in [4.69, 9.17) is 16.1 Å². The Labute approximate surface area is 108 Å². The molecule has 3 rings (SSSR count). The lowest BCUT2D eigenvalue weighted by atomic mass is 10.1. The normalized spacial score (nSPS) is 22.3. The zero-order valence-electron chi connectivity index (χ0n) is 10.9. The average molecular weight is 244 g/mol. The number of hydrogen-bond donors (Lipinski definition) is 2. The molecule has 3 N–H and O–H groups in total. The highest BCUT2D eigenvalue weighted by Crippen LogP contribution is 2.31. The van der Waals surface area contributed by atoms with Crippen LogP contribution in [0.15, 0.2) is 6.07 Å². The van der Waals surface area contributed by atoms with Crippen molar-refractivity contribution in [1.82, 2.24) is 4.98 Å². The molecule has 0 radical (unpaired) electrons. The number of nitrogens with two attached hydrogens (primary N) is 1. The smallest absolute Gasteiger partial charge is 0.140 e. The number of pyridine rings is 1. The van der Waals surface area contributed by atoms with Gasteiger partial charge >= 0.3 is 0 Å². The minimum absolute atomic E-state index is 0.145. The van der Waals surface area contributed by atoms with Gasteiger partial charge in [0.05, 0.1) is 5.56 Å². The van der Waals surface area contributed by atoms with Crippen molar-refractivity contribution in [3.63, 3.8) is 0 Å². The van der Waals surface area contributed by atoms with E-state index in [2.05, 4.69) is 17.9 Å². The van der Waals surface area contributed by atoms with Gasteiger partial charge in [-0.25, -0.2) is 4.98 Å². The maximum atomic E-state index is 7.78. The van der Waals surface area contributed by atoms with Gasteiger partial charge in [0.15, 0.2) is 0 Å². The van der Waals surface area contributed by atoms with E-state index in [0.717, 1.165) is 30.8 Å². The maximum Gasteiger partial charge on any atom is 0.140 e. The van der Waals surface area contributed by atoms with E-state index in [1.807, 2.05) is 0 Å².